The molecule has 3 N–H and O–H groups in total. The van der Waals surface area contributed by atoms with E-state index in [0.717, 1.165) is 17.1 Å². The number of nitrogens with zero attached hydrogens (tertiary/aromatic N) is 2. The lowest BCUT2D eigenvalue weighted by molar-refractivity contribution is 0.379. The minimum atomic E-state index is -0.267. The molecule has 3 rings (SSSR count). The Hall–Kier alpha value is -2.74. The van der Waals surface area contributed by atoms with Gasteiger partial charge in [0.05, 0.1) is 11.6 Å². The van der Waals surface area contributed by atoms with Crippen LogP contribution in [0.1, 0.15) is 48.3 Å². The molecule has 1 unspecified atom stereocenters. The zero-order valence-electron chi connectivity index (χ0n) is 12.8. The Labute approximate surface area is 129 Å². The minimum absolute atomic E-state index is 0.124. The molecule has 0 saturated carbocycles. The Morgan fingerprint density at radius 3 is 2.59 bits per heavy atom. The van der Waals surface area contributed by atoms with E-state index >= 15 is 0 Å². The number of nitrogens with two attached hydrogens (primary N) is 1. The Bertz CT molecular complexity index is 778. The first kappa shape index (κ1) is 14.2. The second kappa shape index (κ2) is 5.23. The normalized spacial score (nSPS) is 17.1. The third kappa shape index (κ3) is 2.23. The van der Waals surface area contributed by atoms with E-state index in [1.165, 1.54) is 5.56 Å². The lowest BCUT2D eigenvalue weighted by Crippen LogP contribution is -2.21. The van der Waals surface area contributed by atoms with E-state index in [4.69, 9.17) is 10.5 Å². The van der Waals surface area contributed by atoms with Crippen LogP contribution in [0.4, 0.5) is 0 Å². The van der Waals surface area contributed by atoms with Gasteiger partial charge in [-0.2, -0.15) is 10.2 Å². The highest BCUT2D eigenvalue weighted by Crippen LogP contribution is 2.40. The molecule has 0 spiro atoms. The van der Waals surface area contributed by atoms with Crippen molar-refractivity contribution >= 4 is 0 Å². The van der Waals surface area contributed by atoms with E-state index in [1.54, 1.807) is 0 Å². The largest absolute Gasteiger partial charge is 0.420 e. The molecule has 0 bridgehead atoms. The Morgan fingerprint density at radius 2 is 2.00 bits per heavy atom. The van der Waals surface area contributed by atoms with Crippen molar-refractivity contribution in [1.82, 2.24) is 9.97 Å². The van der Waals surface area contributed by atoms with Gasteiger partial charge in [0.1, 0.15) is 17.5 Å². The van der Waals surface area contributed by atoms with Gasteiger partial charge in [-0.1, -0.05) is 38.1 Å². The molecule has 0 aliphatic carbocycles. The number of benzene rings is 1. The highest BCUT2D eigenvalue weighted by molar-refractivity contribution is 5.51. The summed E-state index contributed by atoms with van der Waals surface area (Å²) in [5.41, 5.74) is 9.34. The number of H-pyrrole nitrogens is 1. The molecule has 2 aromatic rings. The lowest BCUT2D eigenvalue weighted by Gasteiger charge is -2.23. The summed E-state index contributed by atoms with van der Waals surface area (Å²) in [4.78, 5) is 7.48. The van der Waals surface area contributed by atoms with Crippen LogP contribution in [0, 0.1) is 18.3 Å². The zero-order valence-corrected chi connectivity index (χ0v) is 12.8. The third-order valence-corrected chi connectivity index (χ3v) is 3.92. The molecule has 1 aromatic carbocycles. The van der Waals surface area contributed by atoms with Crippen LogP contribution in [0.3, 0.4) is 0 Å². The topological polar surface area (TPSA) is 87.7 Å². The molecule has 0 radical (unpaired) electrons. The van der Waals surface area contributed by atoms with Crippen LogP contribution in [-0.2, 0) is 0 Å². The van der Waals surface area contributed by atoms with Gasteiger partial charge in [-0.15, -0.1) is 0 Å². The van der Waals surface area contributed by atoms with E-state index < -0.39 is 0 Å². The Kier molecular flexibility index (Phi) is 3.38. The first-order valence-corrected chi connectivity index (χ1v) is 7.25. The van der Waals surface area contributed by atoms with Crippen LogP contribution < -0.4 is 10.5 Å². The number of aromatic nitrogens is 2. The third-order valence-electron chi connectivity index (χ3n) is 3.92. The molecule has 0 amide bonds. The van der Waals surface area contributed by atoms with Crippen molar-refractivity contribution in [2.75, 3.05) is 0 Å². The Balaban J connectivity index is 2.12. The summed E-state index contributed by atoms with van der Waals surface area (Å²) in [6.45, 7) is 6.15. The number of allylic oxidation sites excluding steroid dienone is 1. The molecule has 22 heavy (non-hydrogen) atoms. The number of aryl methyl sites for hydroxylation is 1. The number of nitrogens with one attached hydrogen (secondary N) is 1. The smallest absolute Gasteiger partial charge is 0.243 e. The van der Waals surface area contributed by atoms with Gasteiger partial charge < -0.3 is 15.5 Å². The summed E-state index contributed by atoms with van der Waals surface area (Å²) >= 11 is 0. The molecule has 1 atom stereocenters. The average molecular weight is 294 g/mol. The number of hydrogen-bond acceptors (Lipinski definition) is 4. The molecule has 1 aromatic heterocycles. The second-order valence-electron chi connectivity index (χ2n) is 5.79. The molecule has 1 aliphatic rings. The number of aromatic amines is 1. The van der Waals surface area contributed by atoms with Crippen molar-refractivity contribution in [3.63, 3.8) is 0 Å². The number of hydrogen-bond donors (Lipinski definition) is 2. The summed E-state index contributed by atoms with van der Waals surface area (Å²) in [7, 11) is 0. The van der Waals surface area contributed by atoms with Gasteiger partial charge in [-0.05, 0) is 24.0 Å². The molecule has 2 heterocycles. The van der Waals surface area contributed by atoms with E-state index in [2.05, 4.69) is 42.0 Å². The SMILES string of the molecule is Cc1nc2c([nH]1)C(c1ccc(C(C)C)cc1)C(C#N)=C(N)O2. The molecule has 5 heteroatoms. The van der Waals surface area contributed by atoms with Gasteiger partial charge >= 0.3 is 0 Å². The van der Waals surface area contributed by atoms with E-state index in [1.807, 2.05) is 19.1 Å². The number of nitriles is 1. The number of fused-ring (bicyclic) bond motifs is 1. The fraction of sp³-hybridized carbons (Fsp3) is 0.294. The summed E-state index contributed by atoms with van der Waals surface area (Å²) in [5, 5.41) is 9.47. The molecule has 5 nitrogen and oxygen atoms in total. The van der Waals surface area contributed by atoms with Crippen molar-refractivity contribution in [2.45, 2.75) is 32.6 Å². The van der Waals surface area contributed by atoms with Crippen LogP contribution in [-0.4, -0.2) is 9.97 Å². The molecular formula is C17H18N4O. The van der Waals surface area contributed by atoms with Crippen LogP contribution in [0.5, 0.6) is 5.88 Å². The van der Waals surface area contributed by atoms with Gasteiger partial charge in [0.25, 0.3) is 0 Å². The fourth-order valence-corrected chi connectivity index (χ4v) is 2.73. The summed E-state index contributed by atoms with van der Waals surface area (Å²) in [5.74, 6) is 1.51. The molecule has 0 saturated heterocycles. The quantitative estimate of drug-likeness (QED) is 0.891. The standard InChI is InChI=1S/C17H18N4O/c1-9(2)11-4-6-12(7-5-11)14-13(8-18)16(19)22-17-15(14)20-10(3)21-17/h4-7,9,14H,19H2,1-3H3,(H,20,21). The maximum Gasteiger partial charge on any atom is 0.243 e. The summed E-state index contributed by atoms with van der Waals surface area (Å²) < 4.78 is 5.46. The van der Waals surface area contributed by atoms with Crippen molar-refractivity contribution in [3.8, 4) is 11.9 Å². The van der Waals surface area contributed by atoms with Gasteiger partial charge in [0.15, 0.2) is 0 Å². The minimum Gasteiger partial charge on any atom is -0.420 e. The lowest BCUT2D eigenvalue weighted by atomic mass is 9.86. The van der Waals surface area contributed by atoms with Crippen molar-refractivity contribution in [1.29, 1.82) is 5.26 Å². The van der Waals surface area contributed by atoms with E-state index in [9.17, 15) is 5.26 Å². The maximum absolute atomic E-state index is 9.47. The van der Waals surface area contributed by atoms with Crippen LogP contribution in [0.15, 0.2) is 35.7 Å². The zero-order chi connectivity index (χ0) is 15.9. The van der Waals surface area contributed by atoms with Crippen LogP contribution in [0.25, 0.3) is 0 Å². The molecule has 1 aliphatic heterocycles. The number of rotatable bonds is 2. The molecule has 112 valence electrons. The first-order chi connectivity index (χ1) is 10.5. The van der Waals surface area contributed by atoms with Crippen molar-refractivity contribution < 1.29 is 4.74 Å². The van der Waals surface area contributed by atoms with E-state index in [0.29, 0.717) is 17.4 Å². The second-order valence-corrected chi connectivity index (χ2v) is 5.79. The van der Waals surface area contributed by atoms with Gasteiger partial charge in [-0.25, -0.2) is 0 Å². The summed E-state index contributed by atoms with van der Waals surface area (Å²) in [6, 6.07) is 10.4. The predicted molar refractivity (Wildman–Crippen MR) is 83.2 cm³/mol. The maximum atomic E-state index is 9.47. The number of imidazole rings is 1. The van der Waals surface area contributed by atoms with Gasteiger partial charge in [0, 0.05) is 0 Å². The van der Waals surface area contributed by atoms with Gasteiger partial charge in [-0.3, -0.25) is 0 Å². The highest BCUT2D eigenvalue weighted by atomic mass is 16.5. The number of ether oxygens (including phenoxy) is 1. The predicted octanol–water partition coefficient (Wildman–Crippen LogP) is 3.06. The molecule has 0 fully saturated rings. The highest BCUT2D eigenvalue weighted by Gasteiger charge is 2.33. The van der Waals surface area contributed by atoms with E-state index in [-0.39, 0.29) is 11.8 Å². The van der Waals surface area contributed by atoms with Gasteiger partial charge in [0.2, 0.25) is 11.8 Å². The van der Waals surface area contributed by atoms with Crippen molar-refractivity contribution in [3.05, 3.63) is 58.4 Å². The Morgan fingerprint density at radius 1 is 1.32 bits per heavy atom. The first-order valence-electron chi connectivity index (χ1n) is 7.25. The summed E-state index contributed by atoms with van der Waals surface area (Å²) in [6.07, 6.45) is 0. The monoisotopic (exact) mass is 294 g/mol. The van der Waals surface area contributed by atoms with Crippen molar-refractivity contribution in [2.24, 2.45) is 5.73 Å². The average Bonchev–Trinajstić information content (AvgIpc) is 2.85. The van der Waals surface area contributed by atoms with Crippen LogP contribution in [0.2, 0.25) is 0 Å². The fourth-order valence-electron chi connectivity index (χ4n) is 2.73. The molecular weight excluding hydrogens is 276 g/mol. The van der Waals surface area contributed by atoms with Crippen LogP contribution >= 0.6 is 0 Å².